The van der Waals surface area contributed by atoms with Crippen LogP contribution in [0.25, 0.3) is 0 Å². The maximum absolute atomic E-state index is 5.59. The predicted octanol–water partition coefficient (Wildman–Crippen LogP) is 2.94. The van der Waals surface area contributed by atoms with Crippen molar-refractivity contribution in [1.29, 1.82) is 0 Å². The third-order valence-corrected chi connectivity index (χ3v) is 2.89. The smallest absolute Gasteiger partial charge is 0.0593 e. The second kappa shape index (κ2) is 13.9. The lowest BCUT2D eigenvalue weighted by atomic mass is 10.1. The first-order valence-corrected chi connectivity index (χ1v) is 7.22. The van der Waals surface area contributed by atoms with Gasteiger partial charge in [0.05, 0.1) is 6.61 Å². The van der Waals surface area contributed by atoms with Gasteiger partial charge in [0.15, 0.2) is 0 Å². The Kier molecular flexibility index (Phi) is 13.8. The topological polar surface area (TPSA) is 21.7 Å². The molecule has 3 nitrogen and oxygen atoms in total. The summed E-state index contributed by atoms with van der Waals surface area (Å²) in [5.41, 5.74) is 0. The van der Waals surface area contributed by atoms with E-state index >= 15 is 0 Å². The van der Waals surface area contributed by atoms with Gasteiger partial charge < -0.3 is 14.4 Å². The summed E-state index contributed by atoms with van der Waals surface area (Å²) in [6.45, 7) is 10.3. The van der Waals surface area contributed by atoms with Crippen LogP contribution < -0.4 is 0 Å². The SMILES string of the molecule is CC.COCCCCOCCN1CCCCC1. The van der Waals surface area contributed by atoms with Crippen molar-refractivity contribution in [3.63, 3.8) is 0 Å². The highest BCUT2D eigenvalue weighted by molar-refractivity contribution is 4.63. The van der Waals surface area contributed by atoms with E-state index in [4.69, 9.17) is 9.47 Å². The fraction of sp³-hybridized carbons (Fsp3) is 1.00. The molecule has 104 valence electrons. The molecule has 17 heavy (non-hydrogen) atoms. The fourth-order valence-corrected chi connectivity index (χ4v) is 1.93. The molecule has 0 aromatic heterocycles. The number of likely N-dealkylation sites (tertiary alicyclic amines) is 1. The predicted molar refractivity (Wildman–Crippen MR) is 73.6 cm³/mol. The van der Waals surface area contributed by atoms with Gasteiger partial charge in [0, 0.05) is 26.9 Å². The largest absolute Gasteiger partial charge is 0.385 e. The molecule has 1 saturated heterocycles. The van der Waals surface area contributed by atoms with E-state index in [1.807, 2.05) is 13.8 Å². The van der Waals surface area contributed by atoms with E-state index in [1.165, 1.54) is 32.4 Å². The Morgan fingerprint density at radius 3 is 2.18 bits per heavy atom. The molecule has 3 heteroatoms. The van der Waals surface area contributed by atoms with Crippen molar-refractivity contribution >= 4 is 0 Å². The van der Waals surface area contributed by atoms with Gasteiger partial charge in [-0.1, -0.05) is 20.3 Å². The standard InChI is InChI=1S/C12H25NO2.C2H6/c1-14-10-5-6-11-15-12-9-13-7-3-2-4-8-13;1-2/h2-12H2,1H3;1-2H3. The van der Waals surface area contributed by atoms with Gasteiger partial charge in [-0.15, -0.1) is 0 Å². The van der Waals surface area contributed by atoms with Crippen molar-refractivity contribution in [2.24, 2.45) is 0 Å². The highest BCUT2D eigenvalue weighted by atomic mass is 16.5. The lowest BCUT2D eigenvalue weighted by molar-refractivity contribution is 0.0890. The van der Waals surface area contributed by atoms with E-state index in [9.17, 15) is 0 Å². The van der Waals surface area contributed by atoms with Crippen molar-refractivity contribution in [2.45, 2.75) is 46.0 Å². The molecule has 0 aromatic carbocycles. The van der Waals surface area contributed by atoms with Crippen molar-refractivity contribution in [3.05, 3.63) is 0 Å². The summed E-state index contributed by atoms with van der Waals surface area (Å²) in [7, 11) is 1.75. The summed E-state index contributed by atoms with van der Waals surface area (Å²) < 4.78 is 10.6. The van der Waals surface area contributed by atoms with Gasteiger partial charge in [-0.25, -0.2) is 0 Å². The summed E-state index contributed by atoms with van der Waals surface area (Å²) in [5.74, 6) is 0. The minimum absolute atomic E-state index is 0.857. The lowest BCUT2D eigenvalue weighted by Crippen LogP contribution is -2.32. The molecule has 0 aliphatic carbocycles. The van der Waals surface area contributed by atoms with Crippen LogP contribution in [0, 0.1) is 0 Å². The number of unbranched alkanes of at least 4 members (excludes halogenated alkanes) is 1. The van der Waals surface area contributed by atoms with E-state index < -0.39 is 0 Å². The van der Waals surface area contributed by atoms with Crippen LogP contribution in [0.1, 0.15) is 46.0 Å². The van der Waals surface area contributed by atoms with E-state index in [-0.39, 0.29) is 0 Å². The maximum Gasteiger partial charge on any atom is 0.0593 e. The van der Waals surface area contributed by atoms with E-state index in [1.54, 1.807) is 7.11 Å². The second-order valence-corrected chi connectivity index (χ2v) is 4.21. The molecule has 0 aromatic rings. The summed E-state index contributed by atoms with van der Waals surface area (Å²) >= 11 is 0. The molecule has 0 amide bonds. The number of piperidine rings is 1. The number of rotatable bonds is 8. The molecular formula is C14H31NO2. The normalized spacial score (nSPS) is 16.4. The van der Waals surface area contributed by atoms with E-state index in [2.05, 4.69) is 4.90 Å². The van der Waals surface area contributed by atoms with E-state index in [0.29, 0.717) is 0 Å². The molecule has 0 spiro atoms. The van der Waals surface area contributed by atoms with Crippen LogP contribution in [0.15, 0.2) is 0 Å². The number of hydrogen-bond donors (Lipinski definition) is 0. The van der Waals surface area contributed by atoms with Crippen LogP contribution in [0.5, 0.6) is 0 Å². The Morgan fingerprint density at radius 2 is 1.53 bits per heavy atom. The molecule has 0 N–H and O–H groups in total. The van der Waals surface area contributed by atoms with Crippen LogP contribution in [0.3, 0.4) is 0 Å². The van der Waals surface area contributed by atoms with Gasteiger partial charge in [0.1, 0.15) is 0 Å². The Hall–Kier alpha value is -0.120. The summed E-state index contributed by atoms with van der Waals surface area (Å²) in [6, 6.07) is 0. The van der Waals surface area contributed by atoms with Gasteiger partial charge in [0.25, 0.3) is 0 Å². The highest BCUT2D eigenvalue weighted by Gasteiger charge is 2.08. The quantitative estimate of drug-likeness (QED) is 0.614. The third kappa shape index (κ3) is 10.7. The Labute approximate surface area is 107 Å². The summed E-state index contributed by atoms with van der Waals surface area (Å²) in [5, 5.41) is 0. The number of nitrogens with zero attached hydrogens (tertiary/aromatic N) is 1. The molecule has 0 radical (unpaired) electrons. The van der Waals surface area contributed by atoms with Crippen LogP contribution >= 0.6 is 0 Å². The van der Waals surface area contributed by atoms with Crippen molar-refractivity contribution in [1.82, 2.24) is 4.90 Å². The third-order valence-electron chi connectivity index (χ3n) is 2.89. The highest BCUT2D eigenvalue weighted by Crippen LogP contribution is 2.07. The Morgan fingerprint density at radius 1 is 0.882 bits per heavy atom. The van der Waals surface area contributed by atoms with Crippen molar-refractivity contribution < 1.29 is 9.47 Å². The Bertz CT molecular complexity index is 136. The maximum atomic E-state index is 5.59. The first kappa shape index (κ1) is 16.9. The van der Waals surface area contributed by atoms with Crippen molar-refractivity contribution in [3.8, 4) is 0 Å². The summed E-state index contributed by atoms with van der Waals surface area (Å²) in [4.78, 5) is 2.51. The average Bonchev–Trinajstić information content (AvgIpc) is 2.41. The fourth-order valence-electron chi connectivity index (χ4n) is 1.93. The molecule has 0 saturated carbocycles. The number of ether oxygens (including phenoxy) is 2. The van der Waals surface area contributed by atoms with Gasteiger partial charge in [-0.05, 0) is 38.8 Å². The molecular weight excluding hydrogens is 214 g/mol. The summed E-state index contributed by atoms with van der Waals surface area (Å²) in [6.07, 6.45) is 6.38. The number of hydrogen-bond acceptors (Lipinski definition) is 3. The molecule has 0 bridgehead atoms. The van der Waals surface area contributed by atoms with Crippen LogP contribution in [0.4, 0.5) is 0 Å². The minimum atomic E-state index is 0.857. The van der Waals surface area contributed by atoms with E-state index in [0.717, 1.165) is 39.2 Å². The van der Waals surface area contributed by atoms with Gasteiger partial charge in [-0.3, -0.25) is 0 Å². The zero-order valence-electron chi connectivity index (χ0n) is 12.0. The van der Waals surface area contributed by atoms with Gasteiger partial charge in [-0.2, -0.15) is 0 Å². The average molecular weight is 245 g/mol. The molecule has 1 rings (SSSR count). The van der Waals surface area contributed by atoms with Gasteiger partial charge >= 0.3 is 0 Å². The van der Waals surface area contributed by atoms with Gasteiger partial charge in [0.2, 0.25) is 0 Å². The lowest BCUT2D eigenvalue weighted by Gasteiger charge is -2.26. The molecule has 0 atom stereocenters. The second-order valence-electron chi connectivity index (χ2n) is 4.21. The minimum Gasteiger partial charge on any atom is -0.385 e. The van der Waals surface area contributed by atoms with Crippen LogP contribution in [-0.4, -0.2) is 51.5 Å². The number of methoxy groups -OCH3 is 1. The molecule has 1 aliphatic heterocycles. The first-order chi connectivity index (χ1) is 8.43. The monoisotopic (exact) mass is 245 g/mol. The van der Waals surface area contributed by atoms with Crippen molar-refractivity contribution in [2.75, 3.05) is 46.6 Å². The zero-order chi connectivity index (χ0) is 12.8. The first-order valence-electron chi connectivity index (χ1n) is 7.22. The van der Waals surface area contributed by atoms with Crippen LogP contribution in [0.2, 0.25) is 0 Å². The molecule has 1 fully saturated rings. The zero-order valence-corrected chi connectivity index (χ0v) is 12.0. The molecule has 1 aliphatic rings. The molecule has 1 heterocycles. The molecule has 0 unspecified atom stereocenters. The Balaban J connectivity index is 0.00000121. The van der Waals surface area contributed by atoms with Crippen LogP contribution in [-0.2, 0) is 9.47 Å².